The van der Waals surface area contributed by atoms with E-state index in [9.17, 15) is 9.18 Å². The standard InChI is InChI=1S/C13H17FN2O2/c14-10-2-4-11(5-3-10)18-9-1-8-16-12(17)13(15)6-7-13/h2-5H,1,6-9,15H2,(H,16,17). The summed E-state index contributed by atoms with van der Waals surface area (Å²) < 4.78 is 18.0. The maximum Gasteiger partial charge on any atom is 0.240 e. The highest BCUT2D eigenvalue weighted by molar-refractivity contribution is 5.88. The molecule has 0 saturated heterocycles. The first-order valence-corrected chi connectivity index (χ1v) is 6.06. The number of rotatable bonds is 6. The minimum absolute atomic E-state index is 0.0794. The Morgan fingerprint density at radius 1 is 1.39 bits per heavy atom. The zero-order valence-electron chi connectivity index (χ0n) is 10.1. The predicted octanol–water partition coefficient (Wildman–Crippen LogP) is 1.20. The first-order valence-electron chi connectivity index (χ1n) is 6.06. The van der Waals surface area contributed by atoms with Crippen LogP contribution in [0.4, 0.5) is 4.39 Å². The molecule has 3 N–H and O–H groups in total. The van der Waals surface area contributed by atoms with Gasteiger partial charge in [0.15, 0.2) is 0 Å². The third-order valence-electron chi connectivity index (χ3n) is 2.93. The third kappa shape index (κ3) is 3.43. The van der Waals surface area contributed by atoms with Gasteiger partial charge in [0.25, 0.3) is 0 Å². The molecule has 0 unspecified atom stereocenters. The van der Waals surface area contributed by atoms with Gasteiger partial charge < -0.3 is 15.8 Å². The first-order chi connectivity index (χ1) is 8.60. The molecule has 1 saturated carbocycles. The maximum absolute atomic E-state index is 12.6. The van der Waals surface area contributed by atoms with Crippen LogP contribution < -0.4 is 15.8 Å². The van der Waals surface area contributed by atoms with Gasteiger partial charge in [-0.3, -0.25) is 4.79 Å². The Hall–Kier alpha value is -1.62. The van der Waals surface area contributed by atoms with Crippen LogP contribution in [0.2, 0.25) is 0 Å². The lowest BCUT2D eigenvalue weighted by Crippen LogP contribution is -2.43. The summed E-state index contributed by atoms with van der Waals surface area (Å²) in [7, 11) is 0. The minimum Gasteiger partial charge on any atom is -0.494 e. The molecule has 18 heavy (non-hydrogen) atoms. The number of benzene rings is 1. The zero-order valence-corrected chi connectivity index (χ0v) is 10.1. The smallest absolute Gasteiger partial charge is 0.240 e. The van der Waals surface area contributed by atoms with E-state index >= 15 is 0 Å². The van der Waals surface area contributed by atoms with Crippen LogP contribution in [0, 0.1) is 5.82 Å². The van der Waals surface area contributed by atoms with Crippen LogP contribution in [0.25, 0.3) is 0 Å². The molecule has 1 aliphatic rings. The summed E-state index contributed by atoms with van der Waals surface area (Å²) in [6.07, 6.45) is 2.23. The highest BCUT2D eigenvalue weighted by atomic mass is 19.1. The molecule has 1 aromatic rings. The monoisotopic (exact) mass is 252 g/mol. The van der Waals surface area contributed by atoms with Crippen LogP contribution in [0.1, 0.15) is 19.3 Å². The van der Waals surface area contributed by atoms with E-state index in [1.54, 1.807) is 12.1 Å². The molecule has 0 spiro atoms. The van der Waals surface area contributed by atoms with Crippen molar-refractivity contribution in [3.63, 3.8) is 0 Å². The Morgan fingerprint density at radius 3 is 2.67 bits per heavy atom. The second-order valence-corrected chi connectivity index (χ2v) is 4.57. The molecule has 2 rings (SSSR count). The first kappa shape index (κ1) is 12.8. The zero-order chi connectivity index (χ0) is 13.0. The normalized spacial score (nSPS) is 16.1. The molecule has 1 fully saturated rings. The lowest BCUT2D eigenvalue weighted by molar-refractivity contribution is -0.123. The van der Waals surface area contributed by atoms with Gasteiger partial charge in [-0.25, -0.2) is 4.39 Å². The highest BCUT2D eigenvalue weighted by Gasteiger charge is 2.45. The Morgan fingerprint density at radius 2 is 2.06 bits per heavy atom. The largest absolute Gasteiger partial charge is 0.494 e. The summed E-state index contributed by atoms with van der Waals surface area (Å²) in [5.41, 5.74) is 5.12. The van der Waals surface area contributed by atoms with Gasteiger partial charge in [-0.1, -0.05) is 0 Å². The molecule has 98 valence electrons. The van der Waals surface area contributed by atoms with Crippen LogP contribution in [0.5, 0.6) is 5.75 Å². The van der Waals surface area contributed by atoms with Crippen molar-refractivity contribution in [2.24, 2.45) is 5.73 Å². The van der Waals surface area contributed by atoms with E-state index in [-0.39, 0.29) is 11.7 Å². The van der Waals surface area contributed by atoms with Gasteiger partial charge in [0.05, 0.1) is 12.1 Å². The quantitative estimate of drug-likeness (QED) is 0.748. The molecule has 1 aliphatic carbocycles. The van der Waals surface area contributed by atoms with Gasteiger partial charge in [0.1, 0.15) is 11.6 Å². The van der Waals surface area contributed by atoms with Gasteiger partial charge in [0.2, 0.25) is 5.91 Å². The molecule has 0 radical (unpaired) electrons. The van der Waals surface area contributed by atoms with Crippen LogP contribution >= 0.6 is 0 Å². The molecule has 1 amide bonds. The summed E-state index contributed by atoms with van der Waals surface area (Å²) in [4.78, 5) is 11.5. The molecule has 4 nitrogen and oxygen atoms in total. The van der Waals surface area contributed by atoms with E-state index in [1.165, 1.54) is 12.1 Å². The second-order valence-electron chi connectivity index (χ2n) is 4.57. The molecule has 0 aliphatic heterocycles. The number of ether oxygens (including phenoxy) is 1. The number of carbonyl (C=O) groups is 1. The van der Waals surface area contributed by atoms with E-state index in [1.807, 2.05) is 0 Å². The Kier molecular flexibility index (Phi) is 3.81. The number of amides is 1. The van der Waals surface area contributed by atoms with Gasteiger partial charge >= 0.3 is 0 Å². The molecule has 0 heterocycles. The lowest BCUT2D eigenvalue weighted by Gasteiger charge is -2.10. The number of hydrogen-bond donors (Lipinski definition) is 2. The average Bonchev–Trinajstić information content (AvgIpc) is 3.10. The SMILES string of the molecule is NC1(C(=O)NCCCOc2ccc(F)cc2)CC1. The fourth-order valence-electron chi connectivity index (χ4n) is 1.53. The summed E-state index contributed by atoms with van der Waals surface area (Å²) in [5.74, 6) is 0.261. The molecule has 5 heteroatoms. The van der Waals surface area contributed by atoms with Crippen molar-refractivity contribution in [2.45, 2.75) is 24.8 Å². The summed E-state index contributed by atoms with van der Waals surface area (Å²) in [6, 6.07) is 5.85. The Labute approximate surface area is 105 Å². The topological polar surface area (TPSA) is 64.4 Å². The lowest BCUT2D eigenvalue weighted by atomic mass is 10.2. The molecule has 0 aromatic heterocycles. The van der Waals surface area contributed by atoms with Crippen molar-refractivity contribution in [1.29, 1.82) is 0 Å². The van der Waals surface area contributed by atoms with E-state index in [4.69, 9.17) is 10.5 Å². The van der Waals surface area contributed by atoms with Gasteiger partial charge in [-0.15, -0.1) is 0 Å². The predicted molar refractivity (Wildman–Crippen MR) is 65.7 cm³/mol. The minimum atomic E-state index is -0.613. The summed E-state index contributed by atoms with van der Waals surface area (Å²) >= 11 is 0. The van der Waals surface area contributed by atoms with Crippen LogP contribution in [-0.2, 0) is 4.79 Å². The molecule has 0 bridgehead atoms. The van der Waals surface area contributed by atoms with Crippen molar-refractivity contribution < 1.29 is 13.9 Å². The van der Waals surface area contributed by atoms with Crippen molar-refractivity contribution in [2.75, 3.05) is 13.2 Å². The fraction of sp³-hybridized carbons (Fsp3) is 0.462. The molecule has 1 aromatic carbocycles. The van der Waals surface area contributed by atoms with E-state index < -0.39 is 5.54 Å². The third-order valence-corrected chi connectivity index (χ3v) is 2.93. The van der Waals surface area contributed by atoms with Crippen molar-refractivity contribution in [1.82, 2.24) is 5.32 Å². The number of nitrogens with two attached hydrogens (primary N) is 1. The average molecular weight is 252 g/mol. The Bertz CT molecular complexity index is 416. The number of nitrogens with one attached hydrogen (secondary N) is 1. The second kappa shape index (κ2) is 5.35. The van der Waals surface area contributed by atoms with Gasteiger partial charge in [-0.05, 0) is 43.5 Å². The molecular weight excluding hydrogens is 235 g/mol. The van der Waals surface area contributed by atoms with Crippen molar-refractivity contribution >= 4 is 5.91 Å². The van der Waals surface area contributed by atoms with Gasteiger partial charge in [0, 0.05) is 6.54 Å². The number of hydrogen-bond acceptors (Lipinski definition) is 3. The van der Waals surface area contributed by atoms with Crippen molar-refractivity contribution in [3.8, 4) is 5.75 Å². The highest BCUT2D eigenvalue weighted by Crippen LogP contribution is 2.31. The molecular formula is C13H17FN2O2. The van der Waals surface area contributed by atoms with E-state index in [2.05, 4.69) is 5.32 Å². The summed E-state index contributed by atoms with van der Waals surface area (Å²) in [6.45, 7) is 1.02. The number of carbonyl (C=O) groups excluding carboxylic acids is 1. The summed E-state index contributed by atoms with van der Waals surface area (Å²) in [5, 5.41) is 2.78. The number of halogens is 1. The van der Waals surface area contributed by atoms with E-state index in [0.29, 0.717) is 25.3 Å². The molecule has 0 atom stereocenters. The van der Waals surface area contributed by atoms with Gasteiger partial charge in [-0.2, -0.15) is 0 Å². The van der Waals surface area contributed by atoms with E-state index in [0.717, 1.165) is 12.8 Å². The fourth-order valence-corrected chi connectivity index (χ4v) is 1.53. The maximum atomic E-state index is 12.6. The van der Waals surface area contributed by atoms with Crippen LogP contribution in [0.3, 0.4) is 0 Å². The van der Waals surface area contributed by atoms with Crippen molar-refractivity contribution in [3.05, 3.63) is 30.1 Å². The Balaban J connectivity index is 1.58. The van der Waals surface area contributed by atoms with Crippen LogP contribution in [-0.4, -0.2) is 24.6 Å². The van der Waals surface area contributed by atoms with Crippen LogP contribution in [0.15, 0.2) is 24.3 Å².